The molecule has 0 saturated carbocycles. The van der Waals surface area contributed by atoms with Crippen LogP contribution < -0.4 is 0 Å². The molecule has 0 unspecified atom stereocenters. The van der Waals surface area contributed by atoms with E-state index in [2.05, 4.69) is 4.99 Å². The molecular formula is C20H16N2O4. The molecule has 2 aromatic rings. The molecule has 3 rings (SSSR count). The van der Waals surface area contributed by atoms with Crippen molar-refractivity contribution >= 4 is 23.6 Å². The maximum Gasteiger partial charge on any atom is 0.363 e. The summed E-state index contributed by atoms with van der Waals surface area (Å²) in [5.41, 5.74) is 3.08. The van der Waals surface area contributed by atoms with Crippen LogP contribution in [0.3, 0.4) is 0 Å². The van der Waals surface area contributed by atoms with Crippen LogP contribution in [0.25, 0.3) is 6.08 Å². The van der Waals surface area contributed by atoms with Crippen molar-refractivity contribution in [3.63, 3.8) is 0 Å². The molecule has 0 aliphatic carbocycles. The summed E-state index contributed by atoms with van der Waals surface area (Å²) in [6, 6.07) is 14.2. The van der Waals surface area contributed by atoms with E-state index < -0.39 is 10.9 Å². The molecule has 0 N–H and O–H groups in total. The summed E-state index contributed by atoms with van der Waals surface area (Å²) < 4.78 is 5.21. The van der Waals surface area contributed by atoms with Gasteiger partial charge in [-0.15, -0.1) is 0 Å². The van der Waals surface area contributed by atoms with E-state index >= 15 is 0 Å². The van der Waals surface area contributed by atoms with Crippen LogP contribution >= 0.6 is 0 Å². The van der Waals surface area contributed by atoms with Gasteiger partial charge in [-0.25, -0.2) is 9.79 Å². The summed E-state index contributed by atoms with van der Waals surface area (Å²) >= 11 is 0. The lowest BCUT2D eigenvalue weighted by Crippen LogP contribution is -2.06. The highest BCUT2D eigenvalue weighted by atomic mass is 16.6. The van der Waals surface area contributed by atoms with Gasteiger partial charge >= 0.3 is 5.97 Å². The first-order chi connectivity index (χ1) is 12.4. The fourth-order valence-corrected chi connectivity index (χ4v) is 2.60. The molecule has 0 amide bonds. The lowest BCUT2D eigenvalue weighted by atomic mass is 10.1. The molecule has 26 heavy (non-hydrogen) atoms. The maximum absolute atomic E-state index is 12.1. The minimum Gasteiger partial charge on any atom is -0.402 e. The SMILES string of the molecule is CC(/C=C1\N=C(c2ccc([N+](=O)[O-])c(C)c2)OC1=O)=C\c1ccccc1. The van der Waals surface area contributed by atoms with Crippen LogP contribution in [-0.2, 0) is 9.53 Å². The van der Waals surface area contributed by atoms with Crippen molar-refractivity contribution in [2.24, 2.45) is 4.99 Å². The number of allylic oxidation sites excluding steroid dienone is 2. The summed E-state index contributed by atoms with van der Waals surface area (Å²) in [6.07, 6.45) is 3.59. The quantitative estimate of drug-likeness (QED) is 0.359. The van der Waals surface area contributed by atoms with Crippen LogP contribution in [0, 0.1) is 17.0 Å². The Morgan fingerprint density at radius 2 is 1.92 bits per heavy atom. The highest BCUT2D eigenvalue weighted by molar-refractivity contribution is 6.11. The topological polar surface area (TPSA) is 81.8 Å². The summed E-state index contributed by atoms with van der Waals surface area (Å²) in [4.78, 5) is 26.7. The fourth-order valence-electron chi connectivity index (χ4n) is 2.60. The van der Waals surface area contributed by atoms with Crippen LogP contribution in [0.15, 0.2) is 70.9 Å². The van der Waals surface area contributed by atoms with Crippen molar-refractivity contribution < 1.29 is 14.5 Å². The number of nitro benzene ring substituents is 1. The second-order valence-electron chi connectivity index (χ2n) is 5.89. The van der Waals surface area contributed by atoms with Crippen LogP contribution in [-0.4, -0.2) is 16.8 Å². The van der Waals surface area contributed by atoms with Crippen LogP contribution in [0.5, 0.6) is 0 Å². The summed E-state index contributed by atoms with van der Waals surface area (Å²) in [6.45, 7) is 3.50. The molecule has 1 aliphatic rings. The average molecular weight is 348 g/mol. The molecule has 2 aromatic carbocycles. The zero-order chi connectivity index (χ0) is 18.7. The molecule has 0 aromatic heterocycles. The van der Waals surface area contributed by atoms with E-state index in [9.17, 15) is 14.9 Å². The van der Waals surface area contributed by atoms with Crippen molar-refractivity contribution in [1.82, 2.24) is 0 Å². The molecule has 0 radical (unpaired) electrons. The van der Waals surface area contributed by atoms with Gasteiger partial charge in [0.15, 0.2) is 5.70 Å². The molecule has 0 spiro atoms. The van der Waals surface area contributed by atoms with Crippen LogP contribution in [0.1, 0.15) is 23.6 Å². The molecule has 0 saturated heterocycles. The lowest BCUT2D eigenvalue weighted by Gasteiger charge is -2.01. The van der Waals surface area contributed by atoms with Gasteiger partial charge in [-0.3, -0.25) is 10.1 Å². The van der Waals surface area contributed by atoms with Crippen molar-refractivity contribution in [3.05, 3.63) is 92.7 Å². The van der Waals surface area contributed by atoms with Gasteiger partial charge in [0.1, 0.15) is 0 Å². The van der Waals surface area contributed by atoms with Gasteiger partial charge in [0.05, 0.1) is 4.92 Å². The third kappa shape index (κ3) is 3.75. The number of aliphatic imine (C=N–C) groups is 1. The number of aryl methyl sites for hydroxylation is 1. The molecular weight excluding hydrogens is 332 g/mol. The Hall–Kier alpha value is -3.54. The number of hydrogen-bond acceptors (Lipinski definition) is 5. The molecule has 0 bridgehead atoms. The smallest absolute Gasteiger partial charge is 0.363 e. The first kappa shape index (κ1) is 17.3. The van der Waals surface area contributed by atoms with E-state index in [4.69, 9.17) is 4.74 Å². The highest BCUT2D eigenvalue weighted by Gasteiger charge is 2.25. The van der Waals surface area contributed by atoms with Gasteiger partial charge < -0.3 is 4.74 Å². The number of nitrogens with zero attached hydrogens (tertiary/aromatic N) is 2. The standard InChI is InChI=1S/C20H16N2O4/c1-13(10-15-6-4-3-5-7-15)11-17-20(23)26-19(21-17)16-8-9-18(22(24)25)14(2)12-16/h3-12H,1-2H3/b13-10+,17-11-. The molecule has 0 fully saturated rings. The second-order valence-corrected chi connectivity index (χ2v) is 5.89. The normalized spacial score (nSPS) is 15.8. The van der Waals surface area contributed by atoms with Gasteiger partial charge in [0, 0.05) is 17.2 Å². The van der Waals surface area contributed by atoms with E-state index in [0.29, 0.717) is 11.1 Å². The predicted molar refractivity (Wildman–Crippen MR) is 98.6 cm³/mol. The summed E-state index contributed by atoms with van der Waals surface area (Å²) in [5.74, 6) is -0.399. The van der Waals surface area contributed by atoms with Crippen molar-refractivity contribution in [2.45, 2.75) is 13.8 Å². The van der Waals surface area contributed by atoms with E-state index in [0.717, 1.165) is 11.1 Å². The number of ether oxygens (including phenoxy) is 1. The molecule has 0 atom stereocenters. The minimum atomic E-state index is -0.545. The maximum atomic E-state index is 12.1. The Morgan fingerprint density at radius 1 is 1.19 bits per heavy atom. The number of cyclic esters (lactones) is 1. The predicted octanol–water partition coefficient (Wildman–Crippen LogP) is 4.19. The second kappa shape index (κ2) is 7.14. The Balaban J connectivity index is 1.88. The van der Waals surface area contributed by atoms with Gasteiger partial charge in [0.25, 0.3) is 5.69 Å². The van der Waals surface area contributed by atoms with E-state index in [1.54, 1.807) is 19.1 Å². The van der Waals surface area contributed by atoms with Gasteiger partial charge in [0.2, 0.25) is 5.90 Å². The number of nitro groups is 1. The van der Waals surface area contributed by atoms with Crippen molar-refractivity contribution in [1.29, 1.82) is 0 Å². The van der Waals surface area contributed by atoms with Crippen molar-refractivity contribution in [3.8, 4) is 0 Å². The average Bonchev–Trinajstić information content (AvgIpc) is 2.96. The number of hydrogen-bond donors (Lipinski definition) is 0. The van der Waals surface area contributed by atoms with Gasteiger partial charge in [-0.1, -0.05) is 36.4 Å². The fraction of sp³-hybridized carbons (Fsp3) is 0.100. The Morgan fingerprint density at radius 3 is 2.58 bits per heavy atom. The zero-order valence-corrected chi connectivity index (χ0v) is 14.3. The Labute approximate surface area is 150 Å². The first-order valence-corrected chi connectivity index (χ1v) is 7.95. The van der Waals surface area contributed by atoms with E-state index in [1.807, 2.05) is 43.3 Å². The Bertz CT molecular complexity index is 973. The number of carbonyl (C=O) groups is 1. The molecule has 6 nitrogen and oxygen atoms in total. The van der Waals surface area contributed by atoms with E-state index in [-0.39, 0.29) is 17.3 Å². The largest absolute Gasteiger partial charge is 0.402 e. The van der Waals surface area contributed by atoms with Crippen LogP contribution in [0.4, 0.5) is 5.69 Å². The zero-order valence-electron chi connectivity index (χ0n) is 14.3. The summed E-state index contributed by atoms with van der Waals surface area (Å²) in [7, 11) is 0. The third-order valence-corrected chi connectivity index (χ3v) is 3.82. The number of esters is 1. The number of rotatable bonds is 4. The molecule has 130 valence electrons. The molecule has 6 heteroatoms. The van der Waals surface area contributed by atoms with Crippen molar-refractivity contribution in [2.75, 3.05) is 0 Å². The molecule has 1 aliphatic heterocycles. The summed E-state index contributed by atoms with van der Waals surface area (Å²) in [5, 5.41) is 10.9. The lowest BCUT2D eigenvalue weighted by molar-refractivity contribution is -0.385. The van der Waals surface area contributed by atoms with Gasteiger partial charge in [-0.2, -0.15) is 0 Å². The minimum absolute atomic E-state index is 0.0103. The number of carbonyl (C=O) groups excluding carboxylic acids is 1. The van der Waals surface area contributed by atoms with E-state index in [1.165, 1.54) is 12.1 Å². The van der Waals surface area contributed by atoms with Crippen LogP contribution in [0.2, 0.25) is 0 Å². The molecule has 1 heterocycles. The Kier molecular flexibility index (Phi) is 4.75. The third-order valence-electron chi connectivity index (χ3n) is 3.82. The van der Waals surface area contributed by atoms with Gasteiger partial charge in [-0.05, 0) is 43.2 Å². The number of benzene rings is 2. The monoisotopic (exact) mass is 348 g/mol. The highest BCUT2D eigenvalue weighted by Crippen LogP contribution is 2.23. The first-order valence-electron chi connectivity index (χ1n) is 7.95.